The Morgan fingerprint density at radius 2 is 2.06 bits per heavy atom. The van der Waals surface area contributed by atoms with Crippen molar-refractivity contribution in [3.63, 3.8) is 0 Å². The average Bonchev–Trinajstić information content (AvgIpc) is 2.26. The van der Waals surface area contributed by atoms with Crippen LogP contribution in [0.5, 0.6) is 0 Å². The molecule has 1 N–H and O–H groups in total. The highest BCUT2D eigenvalue weighted by Crippen LogP contribution is 2.26. The summed E-state index contributed by atoms with van der Waals surface area (Å²) in [6, 6.07) is 2.16. The van der Waals surface area contributed by atoms with Crippen LogP contribution in [0.1, 0.15) is 12.6 Å². The highest BCUT2D eigenvalue weighted by Gasteiger charge is 2.32. The van der Waals surface area contributed by atoms with Crippen LogP contribution in [0.25, 0.3) is 0 Å². The summed E-state index contributed by atoms with van der Waals surface area (Å²) in [6.07, 6.45) is -4.45. The summed E-state index contributed by atoms with van der Waals surface area (Å²) in [5, 5.41) is 9.45. The van der Waals surface area contributed by atoms with Crippen molar-refractivity contribution in [2.24, 2.45) is 5.92 Å². The molecule has 0 saturated carbocycles. The van der Waals surface area contributed by atoms with Crippen molar-refractivity contribution >= 4 is 5.82 Å². The third-order valence-corrected chi connectivity index (χ3v) is 2.04. The molecule has 1 atom stereocenters. The zero-order valence-corrected chi connectivity index (χ0v) is 9.58. The Bertz CT molecular complexity index is 340. The molecule has 0 amide bonds. The van der Waals surface area contributed by atoms with Gasteiger partial charge in [-0.1, -0.05) is 6.92 Å². The number of hydrogen-bond acceptors (Lipinski definition) is 4. The molecule has 0 radical (unpaired) electrons. The van der Waals surface area contributed by atoms with Crippen LogP contribution in [0.15, 0.2) is 12.1 Å². The van der Waals surface area contributed by atoms with Gasteiger partial charge in [0.1, 0.15) is 5.82 Å². The van der Waals surface area contributed by atoms with E-state index in [0.29, 0.717) is 19.0 Å². The van der Waals surface area contributed by atoms with Crippen LogP contribution in [-0.2, 0) is 10.9 Å². The van der Waals surface area contributed by atoms with Crippen molar-refractivity contribution in [3.05, 3.63) is 17.8 Å². The molecule has 0 aliphatic rings. The number of ether oxygens (including phenoxy) is 1. The highest BCUT2D eigenvalue weighted by molar-refractivity contribution is 5.33. The number of alkyl halides is 3. The second-order valence-electron chi connectivity index (χ2n) is 3.74. The molecule has 0 saturated heterocycles. The van der Waals surface area contributed by atoms with Gasteiger partial charge in [0.25, 0.3) is 0 Å². The van der Waals surface area contributed by atoms with E-state index >= 15 is 0 Å². The fourth-order valence-electron chi connectivity index (χ4n) is 1.20. The lowest BCUT2D eigenvalue weighted by molar-refractivity contribution is -0.141. The van der Waals surface area contributed by atoms with Gasteiger partial charge in [0.05, 0.1) is 6.61 Å². The van der Waals surface area contributed by atoms with E-state index in [0.717, 1.165) is 6.07 Å². The summed E-state index contributed by atoms with van der Waals surface area (Å²) in [7, 11) is 1.59. The minimum absolute atomic E-state index is 0.240. The largest absolute Gasteiger partial charge is 0.435 e. The van der Waals surface area contributed by atoms with E-state index in [2.05, 4.69) is 15.5 Å². The Labute approximate surface area is 97.2 Å². The lowest BCUT2D eigenvalue weighted by Crippen LogP contribution is -2.17. The molecule has 0 bridgehead atoms. The van der Waals surface area contributed by atoms with E-state index in [1.165, 1.54) is 6.07 Å². The molecule has 96 valence electrons. The summed E-state index contributed by atoms with van der Waals surface area (Å²) < 4.78 is 41.5. The lowest BCUT2D eigenvalue weighted by atomic mass is 10.2. The molecular formula is C10H14F3N3O. The van der Waals surface area contributed by atoms with Crippen molar-refractivity contribution in [1.82, 2.24) is 10.2 Å². The van der Waals surface area contributed by atoms with Crippen molar-refractivity contribution < 1.29 is 17.9 Å². The van der Waals surface area contributed by atoms with E-state index < -0.39 is 11.9 Å². The highest BCUT2D eigenvalue weighted by atomic mass is 19.4. The first kappa shape index (κ1) is 13.7. The summed E-state index contributed by atoms with van der Waals surface area (Å²) in [4.78, 5) is 0. The zero-order chi connectivity index (χ0) is 12.9. The predicted octanol–water partition coefficient (Wildman–Crippen LogP) is 2.19. The number of nitrogens with one attached hydrogen (secondary N) is 1. The van der Waals surface area contributed by atoms with Gasteiger partial charge < -0.3 is 10.1 Å². The molecule has 0 aromatic carbocycles. The average molecular weight is 249 g/mol. The summed E-state index contributed by atoms with van der Waals surface area (Å²) >= 11 is 0. The normalized spacial score (nSPS) is 13.5. The van der Waals surface area contributed by atoms with Gasteiger partial charge in [-0.3, -0.25) is 0 Å². The molecule has 0 aliphatic carbocycles. The van der Waals surface area contributed by atoms with E-state index in [9.17, 15) is 13.2 Å². The number of aromatic nitrogens is 2. The molecule has 0 spiro atoms. The topological polar surface area (TPSA) is 47.0 Å². The molecule has 4 nitrogen and oxygen atoms in total. The van der Waals surface area contributed by atoms with Crippen LogP contribution in [0.2, 0.25) is 0 Å². The Balaban J connectivity index is 2.51. The number of hydrogen-bond donors (Lipinski definition) is 1. The van der Waals surface area contributed by atoms with Crippen LogP contribution in [0.4, 0.5) is 19.0 Å². The van der Waals surface area contributed by atoms with Gasteiger partial charge in [-0.15, -0.1) is 10.2 Å². The third-order valence-electron chi connectivity index (χ3n) is 2.04. The standard InChI is InChI=1S/C10H14F3N3O/c1-7(6-17-2)5-14-9-4-3-8(15-16-9)10(11,12)13/h3-4,7H,5-6H2,1-2H3,(H,14,16). The molecule has 0 fully saturated rings. The number of nitrogens with zero attached hydrogens (tertiary/aromatic N) is 2. The monoisotopic (exact) mass is 249 g/mol. The fraction of sp³-hybridized carbons (Fsp3) is 0.600. The van der Waals surface area contributed by atoms with Gasteiger partial charge >= 0.3 is 6.18 Å². The Kier molecular flexibility index (Phi) is 4.68. The quantitative estimate of drug-likeness (QED) is 0.869. The van der Waals surface area contributed by atoms with Gasteiger partial charge in [0.2, 0.25) is 0 Å². The van der Waals surface area contributed by atoms with Crippen LogP contribution in [0.3, 0.4) is 0 Å². The van der Waals surface area contributed by atoms with Crippen molar-refractivity contribution in [2.45, 2.75) is 13.1 Å². The lowest BCUT2D eigenvalue weighted by Gasteiger charge is -2.11. The van der Waals surface area contributed by atoms with Gasteiger partial charge in [-0.25, -0.2) is 0 Å². The number of rotatable bonds is 5. The molecular weight excluding hydrogens is 235 g/mol. The molecule has 17 heavy (non-hydrogen) atoms. The Morgan fingerprint density at radius 3 is 2.53 bits per heavy atom. The van der Waals surface area contributed by atoms with Crippen molar-refractivity contribution in [2.75, 3.05) is 25.6 Å². The third kappa shape index (κ3) is 4.56. The molecule has 1 unspecified atom stereocenters. The molecule has 1 rings (SSSR count). The fourth-order valence-corrected chi connectivity index (χ4v) is 1.20. The van der Waals surface area contributed by atoms with E-state index in [-0.39, 0.29) is 5.92 Å². The van der Waals surface area contributed by atoms with Gasteiger partial charge in [0, 0.05) is 13.7 Å². The maximum atomic E-state index is 12.2. The molecule has 7 heteroatoms. The first-order valence-electron chi connectivity index (χ1n) is 5.07. The van der Waals surface area contributed by atoms with Crippen molar-refractivity contribution in [3.8, 4) is 0 Å². The number of halogens is 3. The minimum atomic E-state index is -4.45. The smallest absolute Gasteiger partial charge is 0.384 e. The Morgan fingerprint density at radius 1 is 1.35 bits per heavy atom. The van der Waals surface area contributed by atoms with E-state index in [1.807, 2.05) is 6.92 Å². The van der Waals surface area contributed by atoms with E-state index in [1.54, 1.807) is 7.11 Å². The maximum Gasteiger partial charge on any atom is 0.435 e. The predicted molar refractivity (Wildman–Crippen MR) is 56.6 cm³/mol. The van der Waals surface area contributed by atoms with Gasteiger partial charge in [-0.05, 0) is 18.1 Å². The second kappa shape index (κ2) is 5.81. The number of anilines is 1. The molecule has 1 aromatic rings. The zero-order valence-electron chi connectivity index (χ0n) is 9.58. The first-order chi connectivity index (χ1) is 7.93. The summed E-state index contributed by atoms with van der Waals surface area (Å²) in [5.41, 5.74) is -0.993. The summed E-state index contributed by atoms with van der Waals surface area (Å²) in [6.45, 7) is 3.09. The second-order valence-corrected chi connectivity index (χ2v) is 3.74. The Hall–Kier alpha value is -1.37. The first-order valence-corrected chi connectivity index (χ1v) is 5.07. The SMILES string of the molecule is COCC(C)CNc1ccc(C(F)(F)F)nn1. The number of methoxy groups -OCH3 is 1. The molecule has 1 heterocycles. The summed E-state index contributed by atoms with van der Waals surface area (Å²) in [5.74, 6) is 0.560. The van der Waals surface area contributed by atoms with Crippen molar-refractivity contribution in [1.29, 1.82) is 0 Å². The molecule has 0 aliphatic heterocycles. The maximum absolute atomic E-state index is 12.2. The van der Waals surface area contributed by atoms with E-state index in [4.69, 9.17) is 4.74 Å². The van der Waals surface area contributed by atoms with Crippen LogP contribution in [-0.4, -0.2) is 30.5 Å². The molecule has 1 aromatic heterocycles. The minimum Gasteiger partial charge on any atom is -0.384 e. The van der Waals surface area contributed by atoms with Gasteiger partial charge in [-0.2, -0.15) is 13.2 Å². The van der Waals surface area contributed by atoms with Gasteiger partial charge in [0.15, 0.2) is 5.69 Å². The van der Waals surface area contributed by atoms with Crippen LogP contribution >= 0.6 is 0 Å². The van der Waals surface area contributed by atoms with Crippen LogP contribution < -0.4 is 5.32 Å². The van der Waals surface area contributed by atoms with Crippen LogP contribution in [0, 0.1) is 5.92 Å².